The minimum absolute atomic E-state index is 0.240. The van der Waals surface area contributed by atoms with Crippen LogP contribution in [0.15, 0.2) is 11.4 Å². The fourth-order valence-corrected chi connectivity index (χ4v) is 3.07. The van der Waals surface area contributed by atoms with E-state index in [1.807, 2.05) is 11.3 Å². The molecule has 82 valence electrons. The largest absolute Gasteiger partial charge is 0.481 e. The first-order chi connectivity index (χ1) is 7.18. The first-order valence-electron chi connectivity index (χ1n) is 5.20. The number of fused-ring (bicyclic) bond motifs is 1. The summed E-state index contributed by atoms with van der Waals surface area (Å²) in [5, 5.41) is 10.8. The first-order valence-corrected chi connectivity index (χ1v) is 6.08. The van der Waals surface area contributed by atoms with E-state index in [1.54, 1.807) is 0 Å². The molecule has 1 aromatic heterocycles. The van der Waals surface area contributed by atoms with Crippen molar-refractivity contribution in [3.63, 3.8) is 0 Å². The van der Waals surface area contributed by atoms with Gasteiger partial charge in [-0.15, -0.1) is 11.3 Å². The number of carboxylic acids is 1. The third kappa shape index (κ3) is 2.21. The summed E-state index contributed by atoms with van der Waals surface area (Å²) >= 11 is 1.81. The molecule has 0 aromatic carbocycles. The van der Waals surface area contributed by atoms with Crippen LogP contribution in [0, 0.1) is 0 Å². The molecule has 1 aliphatic rings. The van der Waals surface area contributed by atoms with Gasteiger partial charge in [-0.2, -0.15) is 0 Å². The molecule has 3 nitrogen and oxygen atoms in total. The molecule has 0 radical (unpaired) electrons. The molecular formula is C11H15NO2S. The summed E-state index contributed by atoms with van der Waals surface area (Å²) in [6, 6.07) is 2.54. The Bertz CT molecular complexity index is 361. The van der Waals surface area contributed by atoms with Crippen molar-refractivity contribution in [3.05, 3.63) is 21.9 Å². The molecule has 15 heavy (non-hydrogen) atoms. The predicted molar refractivity (Wildman–Crippen MR) is 60.3 cm³/mol. The molecule has 0 bridgehead atoms. The average Bonchev–Trinajstić information content (AvgIpc) is 2.65. The molecule has 1 aliphatic heterocycles. The zero-order chi connectivity index (χ0) is 10.8. The van der Waals surface area contributed by atoms with Crippen LogP contribution < -0.4 is 0 Å². The molecule has 1 N–H and O–H groups in total. The molecular weight excluding hydrogens is 210 g/mol. The minimum Gasteiger partial charge on any atom is -0.481 e. The van der Waals surface area contributed by atoms with E-state index >= 15 is 0 Å². The van der Waals surface area contributed by atoms with Crippen molar-refractivity contribution >= 4 is 17.3 Å². The minimum atomic E-state index is -0.710. The fraction of sp³-hybridized carbons (Fsp3) is 0.545. The van der Waals surface area contributed by atoms with Gasteiger partial charge in [0.05, 0.1) is 6.42 Å². The third-order valence-electron chi connectivity index (χ3n) is 3.02. The van der Waals surface area contributed by atoms with E-state index in [0.717, 1.165) is 13.0 Å². The maximum atomic E-state index is 10.5. The monoisotopic (exact) mass is 225 g/mol. The number of aliphatic carboxylic acids is 1. The number of nitrogens with zero attached hydrogens (tertiary/aromatic N) is 1. The molecule has 0 aliphatic carbocycles. The molecule has 1 aromatic rings. The Morgan fingerprint density at radius 3 is 3.27 bits per heavy atom. The highest BCUT2D eigenvalue weighted by Crippen LogP contribution is 2.32. The van der Waals surface area contributed by atoms with Crippen LogP contribution in [-0.2, 0) is 11.2 Å². The van der Waals surface area contributed by atoms with Gasteiger partial charge in [-0.3, -0.25) is 9.69 Å². The predicted octanol–water partition coefficient (Wildman–Crippen LogP) is 2.14. The van der Waals surface area contributed by atoms with E-state index in [9.17, 15) is 4.79 Å². The van der Waals surface area contributed by atoms with Crippen LogP contribution in [0.25, 0.3) is 0 Å². The molecule has 0 spiro atoms. The number of hydrogen-bond acceptors (Lipinski definition) is 3. The Morgan fingerprint density at radius 2 is 2.53 bits per heavy atom. The molecule has 0 fully saturated rings. The van der Waals surface area contributed by atoms with E-state index < -0.39 is 5.97 Å². The highest BCUT2D eigenvalue weighted by atomic mass is 32.1. The maximum Gasteiger partial charge on any atom is 0.304 e. The Labute approximate surface area is 93.3 Å². The zero-order valence-electron chi connectivity index (χ0n) is 8.77. The highest BCUT2D eigenvalue weighted by molar-refractivity contribution is 7.10. The van der Waals surface area contributed by atoms with Crippen LogP contribution in [0.4, 0.5) is 0 Å². The molecule has 2 heterocycles. The van der Waals surface area contributed by atoms with Crippen molar-refractivity contribution in [1.29, 1.82) is 0 Å². The van der Waals surface area contributed by atoms with Gasteiger partial charge in [-0.1, -0.05) is 0 Å². The van der Waals surface area contributed by atoms with Gasteiger partial charge >= 0.3 is 5.97 Å². The second-order valence-corrected chi connectivity index (χ2v) is 4.91. The van der Waals surface area contributed by atoms with Crippen LogP contribution in [0.2, 0.25) is 0 Å². The smallest absolute Gasteiger partial charge is 0.304 e. The summed E-state index contributed by atoms with van der Waals surface area (Å²) in [4.78, 5) is 14.2. The van der Waals surface area contributed by atoms with Crippen molar-refractivity contribution in [3.8, 4) is 0 Å². The summed E-state index contributed by atoms with van der Waals surface area (Å²) < 4.78 is 0. The lowest BCUT2D eigenvalue weighted by molar-refractivity contribution is -0.137. The molecule has 4 heteroatoms. The molecule has 0 saturated carbocycles. The van der Waals surface area contributed by atoms with Crippen molar-refractivity contribution in [2.45, 2.75) is 25.8 Å². The Balaban J connectivity index is 2.03. The SMILES string of the molecule is CC1c2ccsc2CCN1CCC(=O)O. The van der Waals surface area contributed by atoms with Gasteiger partial charge in [0.25, 0.3) is 0 Å². The van der Waals surface area contributed by atoms with E-state index in [2.05, 4.69) is 23.3 Å². The van der Waals surface area contributed by atoms with E-state index in [4.69, 9.17) is 5.11 Å². The Hall–Kier alpha value is -0.870. The van der Waals surface area contributed by atoms with Crippen LogP contribution in [0.5, 0.6) is 0 Å². The van der Waals surface area contributed by atoms with Gasteiger partial charge in [0.2, 0.25) is 0 Å². The standard InChI is InChI=1S/C11H15NO2S/c1-8-9-4-7-15-10(9)2-5-12(8)6-3-11(13)14/h4,7-8H,2-3,5-6H2,1H3,(H,13,14). The lowest BCUT2D eigenvalue weighted by Crippen LogP contribution is -2.34. The van der Waals surface area contributed by atoms with Gasteiger partial charge in [0.15, 0.2) is 0 Å². The molecule has 1 atom stereocenters. The normalized spacial score (nSPS) is 21.3. The van der Waals surface area contributed by atoms with Crippen molar-refractivity contribution in [2.24, 2.45) is 0 Å². The topological polar surface area (TPSA) is 40.5 Å². The number of hydrogen-bond donors (Lipinski definition) is 1. The lowest BCUT2D eigenvalue weighted by Gasteiger charge is -2.33. The fourth-order valence-electron chi connectivity index (χ4n) is 2.11. The number of thiophene rings is 1. The number of carboxylic acid groups (broad SMARTS) is 1. The second kappa shape index (κ2) is 4.33. The third-order valence-corrected chi connectivity index (χ3v) is 4.01. The van der Waals surface area contributed by atoms with Crippen LogP contribution in [0.1, 0.15) is 29.8 Å². The van der Waals surface area contributed by atoms with Crippen molar-refractivity contribution in [2.75, 3.05) is 13.1 Å². The molecule has 0 saturated heterocycles. The van der Waals surface area contributed by atoms with E-state index in [-0.39, 0.29) is 6.42 Å². The first kappa shape index (κ1) is 10.6. The van der Waals surface area contributed by atoms with Gasteiger partial charge in [0, 0.05) is 24.0 Å². The summed E-state index contributed by atoms with van der Waals surface area (Å²) in [6.45, 7) is 3.81. The maximum absolute atomic E-state index is 10.5. The quantitative estimate of drug-likeness (QED) is 0.856. The zero-order valence-corrected chi connectivity index (χ0v) is 9.59. The summed E-state index contributed by atoms with van der Waals surface area (Å²) in [5.41, 5.74) is 1.39. The van der Waals surface area contributed by atoms with Gasteiger partial charge in [0.1, 0.15) is 0 Å². The van der Waals surface area contributed by atoms with Gasteiger partial charge in [-0.25, -0.2) is 0 Å². The van der Waals surface area contributed by atoms with Crippen LogP contribution in [0.3, 0.4) is 0 Å². The molecule has 1 unspecified atom stereocenters. The van der Waals surface area contributed by atoms with Crippen molar-refractivity contribution < 1.29 is 9.90 Å². The van der Waals surface area contributed by atoms with Crippen LogP contribution >= 0.6 is 11.3 Å². The van der Waals surface area contributed by atoms with Crippen molar-refractivity contribution in [1.82, 2.24) is 4.90 Å². The van der Waals surface area contributed by atoms with Gasteiger partial charge in [-0.05, 0) is 30.4 Å². The highest BCUT2D eigenvalue weighted by Gasteiger charge is 2.24. The van der Waals surface area contributed by atoms with E-state index in [1.165, 1.54) is 10.4 Å². The summed E-state index contributed by atoms with van der Waals surface area (Å²) in [5.74, 6) is -0.710. The molecule has 0 amide bonds. The second-order valence-electron chi connectivity index (χ2n) is 3.90. The average molecular weight is 225 g/mol. The van der Waals surface area contributed by atoms with Gasteiger partial charge < -0.3 is 5.11 Å². The van der Waals surface area contributed by atoms with Crippen LogP contribution in [-0.4, -0.2) is 29.1 Å². The Morgan fingerprint density at radius 1 is 1.73 bits per heavy atom. The summed E-state index contributed by atoms with van der Waals surface area (Å²) in [7, 11) is 0. The number of rotatable bonds is 3. The van der Waals surface area contributed by atoms with E-state index in [0.29, 0.717) is 12.6 Å². The summed E-state index contributed by atoms with van der Waals surface area (Å²) in [6.07, 6.45) is 1.31. The lowest BCUT2D eigenvalue weighted by atomic mass is 10.0. The number of carbonyl (C=O) groups is 1. The molecule has 2 rings (SSSR count). The Kier molecular flexibility index (Phi) is 3.07.